The van der Waals surface area contributed by atoms with Gasteiger partial charge >= 0.3 is 0 Å². The maximum absolute atomic E-state index is 12.9. The molecular formula is C24H28FNO3. The SMILES string of the molecule is Cc1ccc(C(=O)C2(O)CCN(CCCC(=O)c3ccc(F)cc3)CC2)cc1C. The molecule has 2 aromatic rings. The average molecular weight is 397 g/mol. The minimum atomic E-state index is -1.32. The highest BCUT2D eigenvalue weighted by molar-refractivity contribution is 6.02. The molecule has 0 unspecified atom stereocenters. The molecule has 0 aromatic heterocycles. The van der Waals surface area contributed by atoms with Crippen molar-refractivity contribution < 1.29 is 19.1 Å². The van der Waals surface area contributed by atoms with E-state index in [0.29, 0.717) is 49.9 Å². The van der Waals surface area contributed by atoms with Gasteiger partial charge in [-0.15, -0.1) is 0 Å². The first-order valence-electron chi connectivity index (χ1n) is 10.1. The highest BCUT2D eigenvalue weighted by Crippen LogP contribution is 2.27. The van der Waals surface area contributed by atoms with Gasteiger partial charge in [0.05, 0.1) is 0 Å². The van der Waals surface area contributed by atoms with Crippen molar-refractivity contribution in [1.82, 2.24) is 4.90 Å². The van der Waals surface area contributed by atoms with Crippen LogP contribution in [0, 0.1) is 19.7 Å². The van der Waals surface area contributed by atoms with Crippen LogP contribution < -0.4 is 0 Å². The lowest BCUT2D eigenvalue weighted by Gasteiger charge is -2.37. The molecule has 154 valence electrons. The van der Waals surface area contributed by atoms with E-state index in [0.717, 1.165) is 17.7 Å². The number of carbonyl (C=O) groups excluding carboxylic acids is 2. The third-order valence-corrected chi connectivity index (χ3v) is 5.92. The molecule has 0 radical (unpaired) electrons. The first-order valence-corrected chi connectivity index (χ1v) is 10.1. The molecule has 4 nitrogen and oxygen atoms in total. The van der Waals surface area contributed by atoms with Crippen LogP contribution in [0.3, 0.4) is 0 Å². The Balaban J connectivity index is 1.48. The predicted molar refractivity (Wildman–Crippen MR) is 111 cm³/mol. The van der Waals surface area contributed by atoms with E-state index in [9.17, 15) is 19.1 Å². The van der Waals surface area contributed by atoms with Crippen molar-refractivity contribution in [1.29, 1.82) is 0 Å². The van der Waals surface area contributed by atoms with E-state index >= 15 is 0 Å². The quantitative estimate of drug-likeness (QED) is 0.714. The van der Waals surface area contributed by atoms with Crippen molar-refractivity contribution in [2.75, 3.05) is 19.6 Å². The van der Waals surface area contributed by atoms with Crippen LogP contribution in [0.2, 0.25) is 0 Å². The Morgan fingerprint density at radius 3 is 2.24 bits per heavy atom. The topological polar surface area (TPSA) is 57.6 Å². The van der Waals surface area contributed by atoms with E-state index in [1.807, 2.05) is 26.0 Å². The van der Waals surface area contributed by atoms with Crippen molar-refractivity contribution in [3.8, 4) is 0 Å². The van der Waals surface area contributed by atoms with Crippen LogP contribution in [0.5, 0.6) is 0 Å². The number of hydrogen-bond donors (Lipinski definition) is 1. The number of carbonyl (C=O) groups is 2. The molecular weight excluding hydrogens is 369 g/mol. The summed E-state index contributed by atoms with van der Waals surface area (Å²) in [6.45, 7) is 5.94. The molecule has 0 saturated carbocycles. The summed E-state index contributed by atoms with van der Waals surface area (Å²) >= 11 is 0. The third-order valence-electron chi connectivity index (χ3n) is 5.92. The minimum absolute atomic E-state index is 0.00318. The molecule has 1 saturated heterocycles. The molecule has 1 heterocycles. The number of aryl methyl sites for hydroxylation is 2. The van der Waals surface area contributed by atoms with Gasteiger partial charge in [-0.05, 0) is 81.1 Å². The molecule has 0 amide bonds. The predicted octanol–water partition coefficient (Wildman–Crippen LogP) is 4.12. The van der Waals surface area contributed by atoms with E-state index in [4.69, 9.17) is 0 Å². The average Bonchev–Trinajstić information content (AvgIpc) is 2.71. The minimum Gasteiger partial charge on any atom is -0.382 e. The molecule has 0 bridgehead atoms. The summed E-state index contributed by atoms with van der Waals surface area (Å²) in [5, 5.41) is 10.9. The van der Waals surface area contributed by atoms with E-state index in [1.54, 1.807) is 6.07 Å². The molecule has 1 aliphatic heterocycles. The maximum atomic E-state index is 12.9. The first-order chi connectivity index (χ1) is 13.8. The fraction of sp³-hybridized carbons (Fsp3) is 0.417. The standard InChI is InChI=1S/C24H28FNO3/c1-17-5-6-20(16-18(17)2)23(28)24(29)11-14-26(15-12-24)13-3-4-22(27)19-7-9-21(25)10-8-19/h5-10,16,29H,3-4,11-15H2,1-2H3. The van der Waals surface area contributed by atoms with Gasteiger partial charge in [-0.3, -0.25) is 9.59 Å². The Bertz CT molecular complexity index is 883. The van der Waals surface area contributed by atoms with E-state index in [2.05, 4.69) is 4.90 Å². The normalized spacial score (nSPS) is 16.6. The molecule has 3 rings (SSSR count). The number of ketones is 2. The summed E-state index contributed by atoms with van der Waals surface area (Å²) in [6, 6.07) is 11.2. The third kappa shape index (κ3) is 5.17. The van der Waals surface area contributed by atoms with Gasteiger partial charge in [-0.2, -0.15) is 0 Å². The number of Topliss-reactive ketones (excluding diaryl/α,β-unsaturated/α-hetero) is 2. The highest BCUT2D eigenvalue weighted by atomic mass is 19.1. The number of hydrogen-bond acceptors (Lipinski definition) is 4. The fourth-order valence-corrected chi connectivity index (χ4v) is 3.77. The zero-order chi connectivity index (χ0) is 21.0. The molecule has 1 aliphatic rings. The Kier molecular flexibility index (Phi) is 6.60. The van der Waals surface area contributed by atoms with Gasteiger partial charge < -0.3 is 10.0 Å². The van der Waals surface area contributed by atoms with Crippen LogP contribution in [-0.2, 0) is 0 Å². The lowest BCUT2D eigenvalue weighted by molar-refractivity contribution is -0.00648. The van der Waals surface area contributed by atoms with Gasteiger partial charge in [-0.25, -0.2) is 4.39 Å². The number of likely N-dealkylation sites (tertiary alicyclic amines) is 1. The second-order valence-electron chi connectivity index (χ2n) is 8.04. The van der Waals surface area contributed by atoms with E-state index in [1.165, 1.54) is 24.3 Å². The van der Waals surface area contributed by atoms with Crippen LogP contribution >= 0.6 is 0 Å². The second kappa shape index (κ2) is 8.97. The highest BCUT2D eigenvalue weighted by Gasteiger charge is 2.39. The van der Waals surface area contributed by atoms with Crippen molar-refractivity contribution in [3.63, 3.8) is 0 Å². The molecule has 0 spiro atoms. The smallest absolute Gasteiger partial charge is 0.194 e. The number of benzene rings is 2. The number of halogens is 1. The second-order valence-corrected chi connectivity index (χ2v) is 8.04. The van der Waals surface area contributed by atoms with Crippen molar-refractivity contribution in [2.45, 2.75) is 45.1 Å². The summed E-state index contributed by atoms with van der Waals surface area (Å²) in [4.78, 5) is 27.2. The number of rotatable bonds is 7. The lowest BCUT2D eigenvalue weighted by Crippen LogP contribution is -2.49. The molecule has 2 aromatic carbocycles. The van der Waals surface area contributed by atoms with Gasteiger partial charge in [0, 0.05) is 30.6 Å². The lowest BCUT2D eigenvalue weighted by atomic mass is 9.83. The van der Waals surface area contributed by atoms with Crippen LogP contribution in [0.15, 0.2) is 42.5 Å². The van der Waals surface area contributed by atoms with E-state index < -0.39 is 5.60 Å². The van der Waals surface area contributed by atoms with Gasteiger partial charge in [0.15, 0.2) is 11.6 Å². The van der Waals surface area contributed by atoms with Gasteiger partial charge in [0.2, 0.25) is 0 Å². The number of aliphatic hydroxyl groups is 1. The summed E-state index contributed by atoms with van der Waals surface area (Å²) in [7, 11) is 0. The molecule has 1 fully saturated rings. The fourth-order valence-electron chi connectivity index (χ4n) is 3.77. The Morgan fingerprint density at radius 1 is 1.00 bits per heavy atom. The Hall–Kier alpha value is -2.37. The van der Waals surface area contributed by atoms with Gasteiger partial charge in [0.25, 0.3) is 0 Å². The first kappa shape index (κ1) is 21.3. The van der Waals surface area contributed by atoms with Crippen molar-refractivity contribution in [3.05, 3.63) is 70.5 Å². The zero-order valence-electron chi connectivity index (χ0n) is 17.1. The largest absolute Gasteiger partial charge is 0.382 e. The molecule has 0 atom stereocenters. The summed E-state index contributed by atoms with van der Waals surface area (Å²) in [6.07, 6.45) is 1.88. The zero-order valence-corrected chi connectivity index (χ0v) is 17.1. The van der Waals surface area contributed by atoms with Crippen LogP contribution in [0.1, 0.15) is 57.5 Å². The maximum Gasteiger partial charge on any atom is 0.194 e. The van der Waals surface area contributed by atoms with Crippen molar-refractivity contribution in [2.24, 2.45) is 0 Å². The summed E-state index contributed by atoms with van der Waals surface area (Å²) < 4.78 is 12.9. The van der Waals surface area contributed by atoms with Gasteiger partial charge in [-0.1, -0.05) is 12.1 Å². The summed E-state index contributed by atoms with van der Waals surface area (Å²) in [5.41, 5.74) is 1.94. The van der Waals surface area contributed by atoms with Crippen LogP contribution in [0.25, 0.3) is 0 Å². The van der Waals surface area contributed by atoms with Crippen LogP contribution in [-0.4, -0.2) is 46.8 Å². The Labute approximate surface area is 171 Å². The van der Waals surface area contributed by atoms with Gasteiger partial charge in [0.1, 0.15) is 11.4 Å². The molecule has 5 heteroatoms. The number of piperidine rings is 1. The Morgan fingerprint density at radius 2 is 1.62 bits per heavy atom. The van der Waals surface area contributed by atoms with Crippen molar-refractivity contribution >= 4 is 11.6 Å². The van der Waals surface area contributed by atoms with E-state index in [-0.39, 0.29) is 17.4 Å². The number of nitrogens with zero attached hydrogens (tertiary/aromatic N) is 1. The molecule has 1 N–H and O–H groups in total. The molecule has 29 heavy (non-hydrogen) atoms. The van der Waals surface area contributed by atoms with Crippen LogP contribution in [0.4, 0.5) is 4.39 Å². The summed E-state index contributed by atoms with van der Waals surface area (Å²) in [5.74, 6) is -0.548. The monoisotopic (exact) mass is 397 g/mol. The molecule has 0 aliphatic carbocycles.